The van der Waals surface area contributed by atoms with Crippen molar-refractivity contribution < 1.29 is 14.3 Å². The maximum absolute atomic E-state index is 11.3. The number of rotatable bonds is 2. The van der Waals surface area contributed by atoms with Crippen LogP contribution in [0, 0.1) is 5.92 Å². The normalized spacial score (nSPS) is 21.1. The quantitative estimate of drug-likeness (QED) is 0.562. The van der Waals surface area contributed by atoms with Gasteiger partial charge in [-0.3, -0.25) is 9.59 Å². The van der Waals surface area contributed by atoms with E-state index in [9.17, 15) is 9.59 Å². The molecular formula is C13H12O3. The Bertz CT molecular complexity index is 446. The minimum atomic E-state index is -0.435. The largest absolute Gasteiger partial charge is 0.393 e. The van der Waals surface area contributed by atoms with E-state index in [0.717, 1.165) is 11.1 Å². The van der Waals surface area contributed by atoms with Crippen LogP contribution in [0.1, 0.15) is 18.9 Å². The number of cyclic esters (lactones) is 2. The third-order valence-electron chi connectivity index (χ3n) is 2.61. The molecule has 1 aliphatic rings. The van der Waals surface area contributed by atoms with E-state index in [1.165, 1.54) is 0 Å². The van der Waals surface area contributed by atoms with Crippen LogP contribution in [-0.2, 0) is 14.3 Å². The number of ether oxygens (including phenoxy) is 1. The first-order valence-electron chi connectivity index (χ1n) is 5.14. The second-order valence-corrected chi connectivity index (χ2v) is 3.85. The Kier molecular flexibility index (Phi) is 2.86. The van der Waals surface area contributed by atoms with Gasteiger partial charge in [0, 0.05) is 0 Å². The highest BCUT2D eigenvalue weighted by molar-refractivity contribution is 5.96. The summed E-state index contributed by atoms with van der Waals surface area (Å²) in [5, 5.41) is 0. The lowest BCUT2D eigenvalue weighted by Gasteiger charge is -2.04. The van der Waals surface area contributed by atoms with Crippen LogP contribution in [0.2, 0.25) is 0 Å². The van der Waals surface area contributed by atoms with Crippen molar-refractivity contribution in [2.24, 2.45) is 5.92 Å². The zero-order valence-electron chi connectivity index (χ0n) is 8.97. The summed E-state index contributed by atoms with van der Waals surface area (Å²) in [4.78, 5) is 22.3. The Balaban J connectivity index is 2.19. The summed E-state index contributed by atoms with van der Waals surface area (Å²) >= 11 is 0. The van der Waals surface area contributed by atoms with E-state index in [1.54, 1.807) is 0 Å². The van der Waals surface area contributed by atoms with E-state index in [2.05, 4.69) is 4.74 Å². The summed E-state index contributed by atoms with van der Waals surface area (Å²) in [5.41, 5.74) is 1.88. The maximum Gasteiger partial charge on any atom is 0.321 e. The lowest BCUT2D eigenvalue weighted by atomic mass is 9.97. The molecule has 1 heterocycles. The van der Waals surface area contributed by atoms with Crippen LogP contribution in [0.5, 0.6) is 0 Å². The molecule has 0 amide bonds. The standard InChI is InChI=1S/C13H12O3/c1-9(7-10-5-3-2-4-6-10)11-8-12(14)16-13(11)15/h2-7,11H,8H2,1H3/b9-7+. The molecule has 1 fully saturated rings. The topological polar surface area (TPSA) is 43.4 Å². The Morgan fingerprint density at radius 1 is 1.31 bits per heavy atom. The summed E-state index contributed by atoms with van der Waals surface area (Å²) in [6, 6.07) is 9.69. The summed E-state index contributed by atoms with van der Waals surface area (Å²) in [5.74, 6) is -1.28. The van der Waals surface area contributed by atoms with Crippen LogP contribution in [-0.4, -0.2) is 11.9 Å². The fourth-order valence-electron chi connectivity index (χ4n) is 1.73. The van der Waals surface area contributed by atoms with Crippen LogP contribution in [0.25, 0.3) is 6.08 Å². The van der Waals surface area contributed by atoms with Crippen molar-refractivity contribution >= 4 is 18.0 Å². The van der Waals surface area contributed by atoms with Gasteiger partial charge >= 0.3 is 11.9 Å². The van der Waals surface area contributed by atoms with Crippen LogP contribution in [0.15, 0.2) is 35.9 Å². The zero-order valence-corrected chi connectivity index (χ0v) is 8.97. The van der Waals surface area contributed by atoms with Crippen LogP contribution >= 0.6 is 0 Å². The van der Waals surface area contributed by atoms with E-state index in [4.69, 9.17) is 0 Å². The van der Waals surface area contributed by atoms with E-state index in [-0.39, 0.29) is 6.42 Å². The van der Waals surface area contributed by atoms with Crippen molar-refractivity contribution in [1.82, 2.24) is 0 Å². The van der Waals surface area contributed by atoms with Gasteiger partial charge in [-0.05, 0) is 12.5 Å². The third-order valence-corrected chi connectivity index (χ3v) is 2.61. The monoisotopic (exact) mass is 216 g/mol. The molecule has 82 valence electrons. The second kappa shape index (κ2) is 4.31. The molecule has 0 aliphatic carbocycles. The molecule has 1 unspecified atom stereocenters. The molecule has 1 aliphatic heterocycles. The zero-order chi connectivity index (χ0) is 11.5. The van der Waals surface area contributed by atoms with Crippen molar-refractivity contribution in [1.29, 1.82) is 0 Å². The molecule has 1 aromatic carbocycles. The predicted molar refractivity (Wildman–Crippen MR) is 59.3 cm³/mol. The highest BCUT2D eigenvalue weighted by Crippen LogP contribution is 2.25. The van der Waals surface area contributed by atoms with Gasteiger partial charge in [0.15, 0.2) is 0 Å². The van der Waals surface area contributed by atoms with Gasteiger partial charge < -0.3 is 4.74 Å². The molecule has 0 bridgehead atoms. The predicted octanol–water partition coefficient (Wildman–Crippen LogP) is 2.18. The van der Waals surface area contributed by atoms with Crippen molar-refractivity contribution in [2.45, 2.75) is 13.3 Å². The lowest BCUT2D eigenvalue weighted by molar-refractivity contribution is -0.152. The smallest absolute Gasteiger partial charge is 0.321 e. The molecule has 3 nitrogen and oxygen atoms in total. The van der Waals surface area contributed by atoms with Crippen molar-refractivity contribution in [2.75, 3.05) is 0 Å². The Hall–Kier alpha value is -1.90. The molecule has 0 spiro atoms. The molecule has 16 heavy (non-hydrogen) atoms. The van der Waals surface area contributed by atoms with E-state index in [0.29, 0.717) is 0 Å². The maximum atomic E-state index is 11.3. The molecule has 0 saturated carbocycles. The number of hydrogen-bond acceptors (Lipinski definition) is 3. The van der Waals surface area contributed by atoms with Crippen LogP contribution in [0.3, 0.4) is 0 Å². The Labute approximate surface area is 93.7 Å². The van der Waals surface area contributed by atoms with Gasteiger partial charge in [0.05, 0.1) is 12.3 Å². The molecule has 0 aromatic heterocycles. The van der Waals surface area contributed by atoms with Gasteiger partial charge in [-0.15, -0.1) is 0 Å². The minimum absolute atomic E-state index is 0.161. The number of carbonyl (C=O) groups excluding carboxylic acids is 2. The number of hydrogen-bond donors (Lipinski definition) is 0. The molecule has 2 rings (SSSR count). The van der Waals surface area contributed by atoms with Gasteiger partial charge in [0.25, 0.3) is 0 Å². The number of esters is 2. The minimum Gasteiger partial charge on any atom is -0.393 e. The Morgan fingerprint density at radius 2 is 2.00 bits per heavy atom. The van der Waals surface area contributed by atoms with Gasteiger partial charge in [0.2, 0.25) is 0 Å². The average Bonchev–Trinajstić information content (AvgIpc) is 2.59. The molecule has 0 N–H and O–H groups in total. The van der Waals surface area contributed by atoms with Crippen LogP contribution < -0.4 is 0 Å². The number of carbonyl (C=O) groups is 2. The van der Waals surface area contributed by atoms with Gasteiger partial charge in [-0.25, -0.2) is 0 Å². The van der Waals surface area contributed by atoms with Crippen LogP contribution in [0.4, 0.5) is 0 Å². The van der Waals surface area contributed by atoms with E-state index >= 15 is 0 Å². The van der Waals surface area contributed by atoms with E-state index < -0.39 is 17.9 Å². The summed E-state index contributed by atoms with van der Waals surface area (Å²) < 4.78 is 4.51. The van der Waals surface area contributed by atoms with Gasteiger partial charge in [-0.2, -0.15) is 0 Å². The lowest BCUT2D eigenvalue weighted by Crippen LogP contribution is -2.08. The van der Waals surface area contributed by atoms with Crippen molar-refractivity contribution in [3.05, 3.63) is 41.5 Å². The summed E-state index contributed by atoms with van der Waals surface area (Å²) in [7, 11) is 0. The van der Waals surface area contributed by atoms with Gasteiger partial charge in [-0.1, -0.05) is 42.0 Å². The van der Waals surface area contributed by atoms with Crippen molar-refractivity contribution in [3.63, 3.8) is 0 Å². The fraction of sp³-hybridized carbons (Fsp3) is 0.231. The molecule has 1 aromatic rings. The highest BCUT2D eigenvalue weighted by atomic mass is 16.6. The molecule has 0 radical (unpaired) electrons. The Morgan fingerprint density at radius 3 is 2.56 bits per heavy atom. The first-order chi connectivity index (χ1) is 7.66. The van der Waals surface area contributed by atoms with Crippen molar-refractivity contribution in [3.8, 4) is 0 Å². The average molecular weight is 216 g/mol. The third kappa shape index (κ3) is 2.19. The van der Waals surface area contributed by atoms with E-state index in [1.807, 2.05) is 43.3 Å². The first kappa shape index (κ1) is 10.6. The molecule has 1 saturated heterocycles. The van der Waals surface area contributed by atoms with Gasteiger partial charge in [0.1, 0.15) is 0 Å². The molecule has 3 heteroatoms. The molecule has 1 atom stereocenters. The first-order valence-corrected chi connectivity index (χ1v) is 5.14. The summed E-state index contributed by atoms with van der Waals surface area (Å²) in [6.45, 7) is 1.84. The number of benzene rings is 1. The fourth-order valence-corrected chi connectivity index (χ4v) is 1.73. The second-order valence-electron chi connectivity index (χ2n) is 3.85. The highest BCUT2D eigenvalue weighted by Gasteiger charge is 2.34. The molecular weight excluding hydrogens is 204 g/mol. The SMILES string of the molecule is C/C(=C\c1ccccc1)C1CC(=O)OC1=O. The summed E-state index contributed by atoms with van der Waals surface area (Å²) in [6.07, 6.45) is 2.07.